The Morgan fingerprint density at radius 2 is 1.72 bits per heavy atom. The Morgan fingerprint density at radius 1 is 1.06 bits per heavy atom. The predicted molar refractivity (Wildman–Crippen MR) is 75.9 cm³/mol. The summed E-state index contributed by atoms with van der Waals surface area (Å²) in [7, 11) is 0. The first kappa shape index (κ1) is 12.4. The number of carbonyl (C=O) groups excluding carboxylic acids is 1. The maximum atomic E-state index is 11.9. The highest BCUT2D eigenvalue weighted by atomic mass is 16.2. The highest BCUT2D eigenvalue weighted by Gasteiger charge is 2.09. The van der Waals surface area contributed by atoms with Gasteiger partial charge in [-0.3, -0.25) is 0 Å². The van der Waals surface area contributed by atoms with Gasteiger partial charge in [-0.15, -0.1) is 0 Å². The second-order valence-electron chi connectivity index (χ2n) is 4.16. The third-order valence-corrected chi connectivity index (χ3v) is 3.05. The fourth-order valence-corrected chi connectivity index (χ4v) is 1.98. The first-order valence-corrected chi connectivity index (χ1v) is 6.29. The highest BCUT2D eigenvalue weighted by molar-refractivity contribution is 5.93. The van der Waals surface area contributed by atoms with Crippen LogP contribution < -0.4 is 5.32 Å². The van der Waals surface area contributed by atoms with E-state index < -0.39 is 0 Å². The van der Waals surface area contributed by atoms with E-state index in [1.54, 1.807) is 4.90 Å². The zero-order valence-electron chi connectivity index (χ0n) is 10.8. The number of amides is 2. The molecule has 0 saturated carbocycles. The lowest BCUT2D eigenvalue weighted by Crippen LogP contribution is -2.34. The molecular weight excluding hydrogens is 224 g/mol. The minimum Gasteiger partial charge on any atom is -0.325 e. The fourth-order valence-electron chi connectivity index (χ4n) is 1.98. The van der Waals surface area contributed by atoms with E-state index >= 15 is 0 Å². The van der Waals surface area contributed by atoms with Gasteiger partial charge in [0, 0.05) is 18.8 Å². The van der Waals surface area contributed by atoms with E-state index in [1.807, 2.05) is 50.2 Å². The van der Waals surface area contributed by atoms with Crippen molar-refractivity contribution in [3.05, 3.63) is 42.5 Å². The fraction of sp³-hybridized carbons (Fsp3) is 0.267. The number of nitrogens with zero attached hydrogens (tertiary/aromatic N) is 1. The molecule has 0 aromatic heterocycles. The Labute approximate surface area is 107 Å². The molecule has 0 saturated heterocycles. The van der Waals surface area contributed by atoms with Crippen molar-refractivity contribution in [3.8, 4) is 0 Å². The van der Waals surface area contributed by atoms with E-state index in [0.717, 1.165) is 24.2 Å². The molecule has 2 amide bonds. The van der Waals surface area contributed by atoms with Gasteiger partial charge < -0.3 is 10.2 Å². The van der Waals surface area contributed by atoms with Crippen molar-refractivity contribution in [2.24, 2.45) is 0 Å². The van der Waals surface area contributed by atoms with Crippen LogP contribution in [0.2, 0.25) is 0 Å². The van der Waals surface area contributed by atoms with Gasteiger partial charge in [-0.2, -0.15) is 0 Å². The molecule has 0 aliphatic rings. The number of anilines is 1. The lowest BCUT2D eigenvalue weighted by atomic mass is 10.1. The first-order valence-electron chi connectivity index (χ1n) is 6.29. The summed E-state index contributed by atoms with van der Waals surface area (Å²) in [6, 6.07) is 14.0. The van der Waals surface area contributed by atoms with Crippen LogP contribution in [0.3, 0.4) is 0 Å². The molecule has 0 unspecified atom stereocenters. The Hall–Kier alpha value is -2.03. The molecule has 3 nitrogen and oxygen atoms in total. The monoisotopic (exact) mass is 242 g/mol. The summed E-state index contributed by atoms with van der Waals surface area (Å²) in [5.41, 5.74) is 0.839. The number of nitrogens with one attached hydrogen (secondary N) is 1. The molecule has 2 aromatic carbocycles. The number of urea groups is 1. The Bertz CT molecular complexity index is 547. The molecule has 0 atom stereocenters. The zero-order valence-corrected chi connectivity index (χ0v) is 10.8. The van der Waals surface area contributed by atoms with Crippen LogP contribution in [0, 0.1) is 0 Å². The zero-order chi connectivity index (χ0) is 13.0. The summed E-state index contributed by atoms with van der Waals surface area (Å²) in [6.07, 6.45) is 0. The van der Waals surface area contributed by atoms with Gasteiger partial charge in [-0.05, 0) is 36.8 Å². The maximum absolute atomic E-state index is 11.9. The summed E-state index contributed by atoms with van der Waals surface area (Å²) in [5, 5.41) is 5.24. The SMILES string of the molecule is CCN(CC)C(=O)Nc1ccc2ccccc2c1. The molecule has 0 aliphatic carbocycles. The molecule has 0 fully saturated rings. The van der Waals surface area contributed by atoms with E-state index in [-0.39, 0.29) is 6.03 Å². The van der Waals surface area contributed by atoms with Gasteiger partial charge in [0.15, 0.2) is 0 Å². The largest absolute Gasteiger partial charge is 0.325 e. The maximum Gasteiger partial charge on any atom is 0.321 e. The third-order valence-electron chi connectivity index (χ3n) is 3.05. The van der Waals surface area contributed by atoms with Crippen molar-refractivity contribution in [1.29, 1.82) is 0 Å². The molecule has 0 heterocycles. The first-order chi connectivity index (χ1) is 8.74. The summed E-state index contributed by atoms with van der Waals surface area (Å²) in [5.74, 6) is 0. The van der Waals surface area contributed by atoms with Gasteiger partial charge in [0.05, 0.1) is 0 Å². The second kappa shape index (κ2) is 5.54. The van der Waals surface area contributed by atoms with Gasteiger partial charge >= 0.3 is 6.03 Å². The summed E-state index contributed by atoms with van der Waals surface area (Å²) in [6.45, 7) is 5.39. The standard InChI is InChI=1S/C15H18N2O/c1-3-17(4-2)15(18)16-14-10-9-12-7-5-6-8-13(12)11-14/h5-11H,3-4H2,1-2H3,(H,16,18). The van der Waals surface area contributed by atoms with E-state index in [2.05, 4.69) is 11.4 Å². The summed E-state index contributed by atoms with van der Waals surface area (Å²) < 4.78 is 0. The van der Waals surface area contributed by atoms with Crippen molar-refractivity contribution in [2.75, 3.05) is 18.4 Å². The molecule has 0 bridgehead atoms. The van der Waals surface area contributed by atoms with Crippen molar-refractivity contribution < 1.29 is 4.79 Å². The van der Waals surface area contributed by atoms with Crippen molar-refractivity contribution >= 4 is 22.5 Å². The van der Waals surface area contributed by atoms with E-state index in [9.17, 15) is 4.79 Å². The average Bonchev–Trinajstić information content (AvgIpc) is 2.40. The van der Waals surface area contributed by atoms with Crippen LogP contribution >= 0.6 is 0 Å². The normalized spacial score (nSPS) is 10.3. The highest BCUT2D eigenvalue weighted by Crippen LogP contribution is 2.19. The van der Waals surface area contributed by atoms with Crippen molar-refractivity contribution in [1.82, 2.24) is 4.90 Å². The molecule has 2 aromatic rings. The number of rotatable bonds is 3. The second-order valence-corrected chi connectivity index (χ2v) is 4.16. The number of hydrogen-bond donors (Lipinski definition) is 1. The number of benzene rings is 2. The number of hydrogen-bond acceptors (Lipinski definition) is 1. The lowest BCUT2D eigenvalue weighted by molar-refractivity contribution is 0.217. The molecule has 1 N–H and O–H groups in total. The molecule has 3 heteroatoms. The average molecular weight is 242 g/mol. The molecule has 0 radical (unpaired) electrons. The Balaban J connectivity index is 2.19. The van der Waals surface area contributed by atoms with Crippen LogP contribution in [0.1, 0.15) is 13.8 Å². The van der Waals surface area contributed by atoms with Crippen molar-refractivity contribution in [3.63, 3.8) is 0 Å². The van der Waals surface area contributed by atoms with Crippen molar-refractivity contribution in [2.45, 2.75) is 13.8 Å². The van der Waals surface area contributed by atoms with Crippen LogP contribution in [-0.2, 0) is 0 Å². The number of carbonyl (C=O) groups is 1. The van der Waals surface area contributed by atoms with E-state index in [0.29, 0.717) is 0 Å². The van der Waals surface area contributed by atoms with Crippen LogP contribution in [0.15, 0.2) is 42.5 Å². The van der Waals surface area contributed by atoms with Gasteiger partial charge in [0.1, 0.15) is 0 Å². The van der Waals surface area contributed by atoms with Gasteiger partial charge in [-0.1, -0.05) is 30.3 Å². The minimum absolute atomic E-state index is 0.0460. The van der Waals surface area contributed by atoms with E-state index in [1.165, 1.54) is 5.39 Å². The van der Waals surface area contributed by atoms with Gasteiger partial charge in [-0.25, -0.2) is 4.79 Å². The number of fused-ring (bicyclic) bond motifs is 1. The molecular formula is C15H18N2O. The third kappa shape index (κ3) is 2.62. The smallest absolute Gasteiger partial charge is 0.321 e. The molecule has 0 spiro atoms. The molecule has 18 heavy (non-hydrogen) atoms. The lowest BCUT2D eigenvalue weighted by Gasteiger charge is -2.19. The molecule has 0 aliphatic heterocycles. The predicted octanol–water partition coefficient (Wildman–Crippen LogP) is 3.71. The molecule has 2 rings (SSSR count). The molecule has 94 valence electrons. The topological polar surface area (TPSA) is 32.3 Å². The van der Waals surface area contributed by atoms with Crippen LogP contribution in [0.4, 0.5) is 10.5 Å². The van der Waals surface area contributed by atoms with Crippen LogP contribution in [0.5, 0.6) is 0 Å². The van der Waals surface area contributed by atoms with Gasteiger partial charge in [0.2, 0.25) is 0 Å². The quantitative estimate of drug-likeness (QED) is 0.874. The summed E-state index contributed by atoms with van der Waals surface area (Å²) >= 11 is 0. The van der Waals surface area contributed by atoms with E-state index in [4.69, 9.17) is 0 Å². The Morgan fingerprint density at radius 3 is 2.39 bits per heavy atom. The summed E-state index contributed by atoms with van der Waals surface area (Å²) in [4.78, 5) is 13.7. The van der Waals surface area contributed by atoms with Gasteiger partial charge in [0.25, 0.3) is 0 Å². The van der Waals surface area contributed by atoms with Crippen LogP contribution in [-0.4, -0.2) is 24.0 Å². The minimum atomic E-state index is -0.0460. The Kier molecular flexibility index (Phi) is 3.82. The van der Waals surface area contributed by atoms with Crippen LogP contribution in [0.25, 0.3) is 10.8 Å².